The van der Waals surface area contributed by atoms with E-state index in [4.69, 9.17) is 4.74 Å². The molecule has 2 heteroatoms. The molecule has 0 bridgehead atoms. The molecule has 1 atom stereocenters. The van der Waals surface area contributed by atoms with Crippen molar-refractivity contribution in [2.24, 2.45) is 0 Å². The lowest BCUT2D eigenvalue weighted by Gasteiger charge is -2.11. The number of esters is 1. The molecule has 0 aromatic heterocycles. The van der Waals surface area contributed by atoms with Crippen molar-refractivity contribution >= 4 is 5.97 Å². The minimum Gasteiger partial charge on any atom is -0.465 e. The fraction of sp³-hybridized carbons (Fsp3) is 0.500. The minimum atomic E-state index is -0.184. The number of hydrogen-bond donors (Lipinski definition) is 0. The summed E-state index contributed by atoms with van der Waals surface area (Å²) in [6.45, 7) is 4.54. The van der Waals surface area contributed by atoms with Crippen molar-refractivity contribution in [1.29, 1.82) is 0 Å². The normalized spacial score (nSPS) is 12.1. The van der Waals surface area contributed by atoms with E-state index in [2.05, 4.69) is 13.0 Å². The van der Waals surface area contributed by atoms with Gasteiger partial charge in [0.05, 0.1) is 12.5 Å². The van der Waals surface area contributed by atoms with Gasteiger partial charge in [-0.2, -0.15) is 0 Å². The molecule has 0 heterocycles. The van der Waals surface area contributed by atoms with E-state index in [1.54, 1.807) is 0 Å². The van der Waals surface area contributed by atoms with Crippen LogP contribution in [0.3, 0.4) is 0 Å². The number of unbranched alkanes of at least 4 members (excludes halogenated alkanes) is 2. The zero-order chi connectivity index (χ0) is 11.8. The smallest absolute Gasteiger partial charge is 0.313 e. The van der Waals surface area contributed by atoms with Crippen molar-refractivity contribution in [3.8, 4) is 0 Å². The van der Waals surface area contributed by atoms with Crippen molar-refractivity contribution in [1.82, 2.24) is 0 Å². The van der Waals surface area contributed by atoms with Crippen LogP contribution in [0.15, 0.2) is 24.3 Å². The fourth-order valence-corrected chi connectivity index (χ4v) is 1.47. The van der Waals surface area contributed by atoms with Gasteiger partial charge in [0.2, 0.25) is 0 Å². The van der Waals surface area contributed by atoms with Crippen molar-refractivity contribution in [2.75, 3.05) is 6.61 Å². The highest BCUT2D eigenvalue weighted by molar-refractivity contribution is 5.77. The summed E-state index contributed by atoms with van der Waals surface area (Å²) < 4.78 is 5.21. The van der Waals surface area contributed by atoms with Crippen LogP contribution in [0.4, 0.5) is 0 Å². The fourth-order valence-electron chi connectivity index (χ4n) is 1.47. The zero-order valence-electron chi connectivity index (χ0n) is 10.0. The van der Waals surface area contributed by atoms with Gasteiger partial charge in [0.1, 0.15) is 0 Å². The Bertz CT molecular complexity index is 306. The maximum absolute atomic E-state index is 11.7. The molecule has 1 aromatic carbocycles. The Morgan fingerprint density at radius 3 is 2.69 bits per heavy atom. The number of benzene rings is 1. The van der Waals surface area contributed by atoms with E-state index in [9.17, 15) is 4.79 Å². The molecule has 1 rings (SSSR count). The molecule has 1 aromatic rings. The van der Waals surface area contributed by atoms with Gasteiger partial charge in [-0.05, 0) is 25.0 Å². The molecular formula is C14H19O2. The summed E-state index contributed by atoms with van der Waals surface area (Å²) >= 11 is 0. The van der Waals surface area contributed by atoms with Gasteiger partial charge in [0.25, 0.3) is 0 Å². The third-order valence-electron chi connectivity index (χ3n) is 2.59. The zero-order valence-corrected chi connectivity index (χ0v) is 10.0. The van der Waals surface area contributed by atoms with E-state index in [-0.39, 0.29) is 11.9 Å². The van der Waals surface area contributed by atoms with Gasteiger partial charge >= 0.3 is 5.97 Å². The molecular weight excluding hydrogens is 200 g/mol. The lowest BCUT2D eigenvalue weighted by atomic mass is 10.0. The number of carbonyl (C=O) groups is 1. The second-order valence-corrected chi connectivity index (χ2v) is 3.93. The Labute approximate surface area is 97.6 Å². The molecule has 0 amide bonds. The number of carbonyl (C=O) groups excluding carboxylic acids is 1. The van der Waals surface area contributed by atoms with Crippen LogP contribution in [0, 0.1) is 6.07 Å². The molecule has 0 N–H and O–H groups in total. The third kappa shape index (κ3) is 4.05. The van der Waals surface area contributed by atoms with Gasteiger partial charge in [0.15, 0.2) is 0 Å². The van der Waals surface area contributed by atoms with E-state index in [1.807, 2.05) is 31.2 Å². The Balaban J connectivity index is 2.37. The number of ether oxygens (including phenoxy) is 1. The van der Waals surface area contributed by atoms with Crippen LogP contribution in [0.5, 0.6) is 0 Å². The topological polar surface area (TPSA) is 26.3 Å². The monoisotopic (exact) mass is 219 g/mol. The Morgan fingerprint density at radius 1 is 1.38 bits per heavy atom. The summed E-state index contributed by atoms with van der Waals surface area (Å²) in [5.74, 6) is -0.321. The van der Waals surface area contributed by atoms with Crippen LogP contribution in [0.1, 0.15) is 44.6 Å². The van der Waals surface area contributed by atoms with Gasteiger partial charge in [-0.3, -0.25) is 4.79 Å². The highest BCUT2D eigenvalue weighted by atomic mass is 16.5. The summed E-state index contributed by atoms with van der Waals surface area (Å²) in [5.41, 5.74) is 0.985. The SMILES string of the molecule is CCCCCOC(=O)[C@@H](C)c1cc[c]cc1. The van der Waals surface area contributed by atoms with Gasteiger partial charge in [-0.1, -0.05) is 44.0 Å². The Morgan fingerprint density at radius 2 is 2.06 bits per heavy atom. The van der Waals surface area contributed by atoms with E-state index < -0.39 is 0 Å². The molecule has 16 heavy (non-hydrogen) atoms. The first kappa shape index (κ1) is 12.8. The first-order chi connectivity index (χ1) is 7.75. The van der Waals surface area contributed by atoms with E-state index in [0.717, 1.165) is 24.8 Å². The molecule has 0 aliphatic rings. The average molecular weight is 219 g/mol. The molecule has 2 nitrogen and oxygen atoms in total. The number of hydrogen-bond acceptors (Lipinski definition) is 2. The van der Waals surface area contributed by atoms with Crippen LogP contribution >= 0.6 is 0 Å². The van der Waals surface area contributed by atoms with Crippen LogP contribution < -0.4 is 0 Å². The lowest BCUT2D eigenvalue weighted by molar-refractivity contribution is -0.145. The number of rotatable bonds is 6. The van der Waals surface area contributed by atoms with Gasteiger partial charge in [-0.15, -0.1) is 0 Å². The molecule has 0 spiro atoms. The van der Waals surface area contributed by atoms with Crippen molar-refractivity contribution < 1.29 is 9.53 Å². The van der Waals surface area contributed by atoms with Crippen molar-refractivity contribution in [2.45, 2.75) is 39.0 Å². The van der Waals surface area contributed by atoms with Gasteiger partial charge < -0.3 is 4.74 Å². The Hall–Kier alpha value is -1.31. The third-order valence-corrected chi connectivity index (χ3v) is 2.59. The summed E-state index contributed by atoms with van der Waals surface area (Å²) in [7, 11) is 0. The molecule has 0 unspecified atom stereocenters. The second-order valence-electron chi connectivity index (χ2n) is 3.93. The minimum absolute atomic E-state index is 0.137. The summed E-state index contributed by atoms with van der Waals surface area (Å²) in [4.78, 5) is 11.7. The maximum atomic E-state index is 11.7. The highest BCUT2D eigenvalue weighted by Crippen LogP contribution is 2.16. The van der Waals surface area contributed by atoms with Crippen LogP contribution in [-0.4, -0.2) is 12.6 Å². The van der Waals surface area contributed by atoms with Crippen LogP contribution in [0.25, 0.3) is 0 Å². The first-order valence-electron chi connectivity index (χ1n) is 5.88. The quantitative estimate of drug-likeness (QED) is 0.542. The van der Waals surface area contributed by atoms with E-state index >= 15 is 0 Å². The summed E-state index contributed by atoms with van der Waals surface area (Å²) in [6, 6.07) is 10.4. The Kier molecular flexibility index (Phi) is 5.62. The lowest BCUT2D eigenvalue weighted by Crippen LogP contribution is -2.13. The average Bonchev–Trinajstić information content (AvgIpc) is 2.34. The molecule has 1 radical (unpaired) electrons. The standard InChI is InChI=1S/C14H19O2/c1-3-4-8-11-16-14(15)12(2)13-9-6-5-7-10-13/h6-7,9-10,12H,3-4,8,11H2,1-2H3/t12-/m0/s1. The largest absolute Gasteiger partial charge is 0.465 e. The molecule has 0 fully saturated rings. The molecule has 0 saturated carbocycles. The molecule has 87 valence electrons. The van der Waals surface area contributed by atoms with Gasteiger partial charge in [0, 0.05) is 0 Å². The molecule has 0 aliphatic heterocycles. The van der Waals surface area contributed by atoms with Crippen molar-refractivity contribution in [3.63, 3.8) is 0 Å². The van der Waals surface area contributed by atoms with E-state index in [0.29, 0.717) is 6.61 Å². The molecule has 0 aliphatic carbocycles. The van der Waals surface area contributed by atoms with Crippen molar-refractivity contribution in [3.05, 3.63) is 35.9 Å². The first-order valence-corrected chi connectivity index (χ1v) is 5.88. The van der Waals surface area contributed by atoms with Gasteiger partial charge in [-0.25, -0.2) is 0 Å². The highest BCUT2D eigenvalue weighted by Gasteiger charge is 2.15. The van der Waals surface area contributed by atoms with E-state index in [1.165, 1.54) is 0 Å². The molecule has 0 saturated heterocycles. The second kappa shape index (κ2) is 7.04. The van der Waals surface area contributed by atoms with Crippen LogP contribution in [0.2, 0.25) is 0 Å². The summed E-state index contributed by atoms with van der Waals surface area (Å²) in [6.07, 6.45) is 3.21. The maximum Gasteiger partial charge on any atom is 0.313 e. The predicted molar refractivity (Wildman–Crippen MR) is 64.2 cm³/mol. The summed E-state index contributed by atoms with van der Waals surface area (Å²) in [5, 5.41) is 0. The van der Waals surface area contributed by atoms with Crippen LogP contribution in [-0.2, 0) is 9.53 Å². The predicted octanol–water partition coefficient (Wildman–Crippen LogP) is 3.32.